The van der Waals surface area contributed by atoms with Gasteiger partial charge in [0.1, 0.15) is 5.41 Å². The Bertz CT molecular complexity index is 734. The summed E-state index contributed by atoms with van der Waals surface area (Å²) in [6.45, 7) is 4.47. The summed E-state index contributed by atoms with van der Waals surface area (Å²) >= 11 is 0. The number of carbonyl (C=O) groups is 2. The SMILES string of the molecule is CCN(C(=O)C1(C(=O)Nc2ccc(C)cc2)CC1)c1ccccc1. The van der Waals surface area contributed by atoms with Gasteiger partial charge in [0.15, 0.2) is 0 Å². The Morgan fingerprint density at radius 3 is 2.21 bits per heavy atom. The summed E-state index contributed by atoms with van der Waals surface area (Å²) in [4.78, 5) is 27.4. The summed E-state index contributed by atoms with van der Waals surface area (Å²) in [5.41, 5.74) is 1.77. The van der Waals surface area contributed by atoms with Crippen LogP contribution in [-0.2, 0) is 9.59 Å². The largest absolute Gasteiger partial charge is 0.325 e. The van der Waals surface area contributed by atoms with Gasteiger partial charge in [0, 0.05) is 17.9 Å². The van der Waals surface area contributed by atoms with Crippen LogP contribution in [-0.4, -0.2) is 18.4 Å². The maximum absolute atomic E-state index is 13.0. The highest BCUT2D eigenvalue weighted by atomic mass is 16.2. The van der Waals surface area contributed by atoms with Crippen LogP contribution in [0.25, 0.3) is 0 Å². The van der Waals surface area contributed by atoms with E-state index in [-0.39, 0.29) is 11.8 Å². The second-order valence-corrected chi connectivity index (χ2v) is 6.29. The average Bonchev–Trinajstić information content (AvgIpc) is 3.40. The van der Waals surface area contributed by atoms with E-state index in [0.717, 1.165) is 16.9 Å². The van der Waals surface area contributed by atoms with E-state index in [0.29, 0.717) is 19.4 Å². The van der Waals surface area contributed by atoms with E-state index in [4.69, 9.17) is 0 Å². The summed E-state index contributed by atoms with van der Waals surface area (Å²) in [6, 6.07) is 17.1. The van der Waals surface area contributed by atoms with Crippen LogP contribution in [0.5, 0.6) is 0 Å². The van der Waals surface area contributed by atoms with E-state index in [1.165, 1.54) is 0 Å². The molecule has 0 aliphatic heterocycles. The predicted octanol–water partition coefficient (Wildman–Crippen LogP) is 3.77. The number of benzene rings is 2. The van der Waals surface area contributed by atoms with E-state index in [1.54, 1.807) is 4.90 Å². The number of carbonyl (C=O) groups excluding carboxylic acids is 2. The molecular formula is C20H22N2O2. The lowest BCUT2D eigenvalue weighted by Gasteiger charge is -2.26. The molecule has 0 spiro atoms. The zero-order valence-corrected chi connectivity index (χ0v) is 14.1. The van der Waals surface area contributed by atoms with Crippen molar-refractivity contribution in [2.75, 3.05) is 16.8 Å². The molecule has 0 aromatic heterocycles. The molecule has 24 heavy (non-hydrogen) atoms. The second kappa shape index (κ2) is 6.48. The van der Waals surface area contributed by atoms with Crippen molar-refractivity contribution >= 4 is 23.2 Å². The van der Waals surface area contributed by atoms with Crippen molar-refractivity contribution in [3.8, 4) is 0 Å². The molecule has 0 saturated heterocycles. The third-order valence-electron chi connectivity index (χ3n) is 4.53. The fraction of sp³-hybridized carbons (Fsp3) is 0.300. The number of hydrogen-bond acceptors (Lipinski definition) is 2. The van der Waals surface area contributed by atoms with Crippen LogP contribution in [0, 0.1) is 12.3 Å². The summed E-state index contributed by atoms with van der Waals surface area (Å²) in [5, 5.41) is 2.90. The normalized spacial score (nSPS) is 14.8. The molecule has 2 aromatic carbocycles. The molecule has 1 fully saturated rings. The Hall–Kier alpha value is -2.62. The first-order valence-corrected chi connectivity index (χ1v) is 8.32. The predicted molar refractivity (Wildman–Crippen MR) is 95.9 cm³/mol. The highest BCUT2D eigenvalue weighted by molar-refractivity contribution is 6.17. The van der Waals surface area contributed by atoms with Gasteiger partial charge in [-0.15, -0.1) is 0 Å². The first kappa shape index (κ1) is 16.2. The average molecular weight is 322 g/mol. The van der Waals surface area contributed by atoms with E-state index >= 15 is 0 Å². The quantitative estimate of drug-likeness (QED) is 0.852. The minimum absolute atomic E-state index is 0.110. The van der Waals surface area contributed by atoms with Crippen LogP contribution in [0.1, 0.15) is 25.3 Å². The van der Waals surface area contributed by atoms with Crippen molar-refractivity contribution in [3.63, 3.8) is 0 Å². The molecule has 0 heterocycles. The maximum atomic E-state index is 13.0. The molecular weight excluding hydrogens is 300 g/mol. The number of nitrogens with one attached hydrogen (secondary N) is 1. The highest BCUT2D eigenvalue weighted by Gasteiger charge is 2.58. The van der Waals surface area contributed by atoms with Crippen LogP contribution < -0.4 is 10.2 Å². The molecule has 1 saturated carbocycles. The molecule has 1 N–H and O–H groups in total. The Balaban J connectivity index is 1.78. The summed E-state index contributed by atoms with van der Waals surface area (Å²) < 4.78 is 0. The Morgan fingerprint density at radius 2 is 1.67 bits per heavy atom. The first-order valence-electron chi connectivity index (χ1n) is 8.32. The van der Waals surface area contributed by atoms with Gasteiger partial charge in [-0.1, -0.05) is 35.9 Å². The first-order chi connectivity index (χ1) is 11.6. The number of hydrogen-bond donors (Lipinski definition) is 1. The van der Waals surface area contributed by atoms with Gasteiger partial charge in [-0.3, -0.25) is 9.59 Å². The molecule has 1 aliphatic rings. The Labute approximate surface area is 142 Å². The van der Waals surface area contributed by atoms with Crippen molar-refractivity contribution in [1.82, 2.24) is 0 Å². The standard InChI is InChI=1S/C20H22N2O2/c1-3-22(17-7-5-4-6-8-17)19(24)20(13-14-20)18(23)21-16-11-9-15(2)10-12-16/h4-12H,3,13-14H2,1-2H3,(H,21,23). The summed E-state index contributed by atoms with van der Waals surface area (Å²) in [7, 11) is 0. The lowest BCUT2D eigenvalue weighted by molar-refractivity contribution is -0.132. The van der Waals surface area contributed by atoms with Crippen LogP contribution in [0.4, 0.5) is 11.4 Å². The highest BCUT2D eigenvalue weighted by Crippen LogP contribution is 2.48. The van der Waals surface area contributed by atoms with E-state index in [2.05, 4.69) is 5.32 Å². The molecule has 124 valence electrons. The molecule has 4 heteroatoms. The Morgan fingerprint density at radius 1 is 1.04 bits per heavy atom. The van der Waals surface area contributed by atoms with Crippen molar-refractivity contribution in [2.24, 2.45) is 5.41 Å². The summed E-state index contributed by atoms with van der Waals surface area (Å²) in [6.07, 6.45) is 1.21. The van der Waals surface area contributed by atoms with E-state index in [9.17, 15) is 9.59 Å². The number of rotatable bonds is 5. The van der Waals surface area contributed by atoms with Crippen molar-refractivity contribution in [3.05, 3.63) is 60.2 Å². The van der Waals surface area contributed by atoms with Crippen LogP contribution in [0.15, 0.2) is 54.6 Å². The molecule has 0 bridgehead atoms. The van der Waals surface area contributed by atoms with Crippen molar-refractivity contribution in [1.29, 1.82) is 0 Å². The van der Waals surface area contributed by atoms with Crippen molar-refractivity contribution < 1.29 is 9.59 Å². The number of para-hydroxylation sites is 1. The van der Waals surface area contributed by atoms with Gasteiger partial charge in [0.2, 0.25) is 11.8 Å². The lowest BCUT2D eigenvalue weighted by Crippen LogP contribution is -2.43. The zero-order valence-electron chi connectivity index (χ0n) is 14.1. The number of aryl methyl sites for hydroxylation is 1. The van der Waals surface area contributed by atoms with Gasteiger partial charge in [0.25, 0.3) is 0 Å². The van der Waals surface area contributed by atoms with Gasteiger partial charge >= 0.3 is 0 Å². The number of amides is 2. The fourth-order valence-corrected chi connectivity index (χ4v) is 2.86. The zero-order chi connectivity index (χ0) is 17.2. The molecule has 2 amide bonds. The Kier molecular flexibility index (Phi) is 4.38. The van der Waals surface area contributed by atoms with E-state index < -0.39 is 5.41 Å². The van der Waals surface area contributed by atoms with Crippen LogP contribution in [0.3, 0.4) is 0 Å². The third kappa shape index (κ3) is 3.04. The van der Waals surface area contributed by atoms with Gasteiger partial charge in [-0.2, -0.15) is 0 Å². The smallest absolute Gasteiger partial charge is 0.242 e. The topological polar surface area (TPSA) is 49.4 Å². The molecule has 2 aromatic rings. The van der Waals surface area contributed by atoms with E-state index in [1.807, 2.05) is 68.4 Å². The van der Waals surface area contributed by atoms with Crippen LogP contribution >= 0.6 is 0 Å². The minimum Gasteiger partial charge on any atom is -0.325 e. The minimum atomic E-state index is -0.920. The lowest BCUT2D eigenvalue weighted by atomic mass is 10.0. The molecule has 0 atom stereocenters. The number of anilines is 2. The van der Waals surface area contributed by atoms with Gasteiger partial charge in [0.05, 0.1) is 0 Å². The van der Waals surface area contributed by atoms with Gasteiger partial charge < -0.3 is 10.2 Å². The van der Waals surface area contributed by atoms with Crippen molar-refractivity contribution in [2.45, 2.75) is 26.7 Å². The molecule has 4 nitrogen and oxygen atoms in total. The van der Waals surface area contributed by atoms with Gasteiger partial charge in [-0.05, 0) is 51.0 Å². The molecule has 0 radical (unpaired) electrons. The second-order valence-electron chi connectivity index (χ2n) is 6.29. The summed E-state index contributed by atoms with van der Waals surface area (Å²) in [5.74, 6) is -0.313. The van der Waals surface area contributed by atoms with Crippen LogP contribution in [0.2, 0.25) is 0 Å². The molecule has 0 unspecified atom stereocenters. The monoisotopic (exact) mass is 322 g/mol. The fourth-order valence-electron chi connectivity index (χ4n) is 2.86. The van der Waals surface area contributed by atoms with Gasteiger partial charge in [-0.25, -0.2) is 0 Å². The third-order valence-corrected chi connectivity index (χ3v) is 4.53. The number of nitrogens with zero attached hydrogens (tertiary/aromatic N) is 1. The molecule has 1 aliphatic carbocycles. The maximum Gasteiger partial charge on any atom is 0.242 e. The molecule has 3 rings (SSSR count).